The number of nitrogens with two attached hydrogens (primary N) is 1. The molecule has 0 fully saturated rings. The molecule has 2 atom stereocenters. The highest BCUT2D eigenvalue weighted by Crippen LogP contribution is 2.39. The Kier molecular flexibility index (Phi) is 2.58. The van der Waals surface area contributed by atoms with Gasteiger partial charge in [-0.1, -0.05) is 23.2 Å². The number of aliphatic hydroxyl groups is 1. The summed E-state index contributed by atoms with van der Waals surface area (Å²) in [6.07, 6.45) is -0.769. The maximum Gasteiger partial charge on any atom is 0.143 e. The molecule has 1 aliphatic rings. The van der Waals surface area contributed by atoms with Crippen molar-refractivity contribution in [3.8, 4) is 5.75 Å². The summed E-state index contributed by atoms with van der Waals surface area (Å²) >= 11 is 11.7. The first kappa shape index (κ1) is 10.1. The SMILES string of the molecule is N[C@H]1COc2c(Cl)cc(Cl)cc2[C@@H]1O. The highest BCUT2D eigenvalue weighted by atomic mass is 35.5. The summed E-state index contributed by atoms with van der Waals surface area (Å²) in [4.78, 5) is 0. The van der Waals surface area contributed by atoms with E-state index in [4.69, 9.17) is 33.7 Å². The van der Waals surface area contributed by atoms with E-state index in [-0.39, 0.29) is 6.61 Å². The molecule has 0 amide bonds. The van der Waals surface area contributed by atoms with Crippen molar-refractivity contribution >= 4 is 23.2 Å². The van der Waals surface area contributed by atoms with Crippen molar-refractivity contribution in [2.24, 2.45) is 5.73 Å². The third-order valence-electron chi connectivity index (χ3n) is 2.18. The standard InChI is InChI=1S/C9H9Cl2NO2/c10-4-1-5-8(13)7(12)3-14-9(5)6(11)2-4/h1-2,7-8,13H,3,12H2/t7-,8-/m0/s1. The van der Waals surface area contributed by atoms with E-state index >= 15 is 0 Å². The van der Waals surface area contributed by atoms with Gasteiger partial charge >= 0.3 is 0 Å². The molecule has 76 valence electrons. The highest BCUT2D eigenvalue weighted by molar-refractivity contribution is 6.35. The second-order valence-electron chi connectivity index (χ2n) is 3.23. The topological polar surface area (TPSA) is 55.5 Å². The molecule has 3 N–H and O–H groups in total. The van der Waals surface area contributed by atoms with Crippen molar-refractivity contribution in [3.05, 3.63) is 27.7 Å². The highest BCUT2D eigenvalue weighted by Gasteiger charge is 2.28. The van der Waals surface area contributed by atoms with Gasteiger partial charge in [-0.25, -0.2) is 0 Å². The van der Waals surface area contributed by atoms with Crippen molar-refractivity contribution in [3.63, 3.8) is 0 Å². The summed E-state index contributed by atoms with van der Waals surface area (Å²) in [5.41, 5.74) is 6.19. The second-order valence-corrected chi connectivity index (χ2v) is 4.07. The van der Waals surface area contributed by atoms with Crippen LogP contribution in [-0.2, 0) is 0 Å². The zero-order valence-electron chi connectivity index (χ0n) is 7.21. The fraction of sp³-hybridized carbons (Fsp3) is 0.333. The van der Waals surface area contributed by atoms with Gasteiger partial charge in [0.25, 0.3) is 0 Å². The average molecular weight is 234 g/mol. The van der Waals surface area contributed by atoms with Crippen molar-refractivity contribution in [2.75, 3.05) is 6.61 Å². The van der Waals surface area contributed by atoms with Crippen LogP contribution in [0.15, 0.2) is 12.1 Å². The van der Waals surface area contributed by atoms with Gasteiger partial charge in [-0.3, -0.25) is 0 Å². The van der Waals surface area contributed by atoms with Crippen molar-refractivity contribution in [1.29, 1.82) is 0 Å². The Morgan fingerprint density at radius 3 is 2.86 bits per heavy atom. The van der Waals surface area contributed by atoms with Crippen LogP contribution in [0.25, 0.3) is 0 Å². The molecule has 14 heavy (non-hydrogen) atoms. The van der Waals surface area contributed by atoms with Crippen molar-refractivity contribution in [2.45, 2.75) is 12.1 Å². The largest absolute Gasteiger partial charge is 0.490 e. The maximum absolute atomic E-state index is 9.76. The van der Waals surface area contributed by atoms with Crippen LogP contribution in [0.2, 0.25) is 10.0 Å². The van der Waals surface area contributed by atoms with E-state index in [1.807, 2.05) is 0 Å². The van der Waals surface area contributed by atoms with Crippen LogP contribution in [0.5, 0.6) is 5.75 Å². The van der Waals surface area contributed by atoms with Gasteiger partial charge in [0.2, 0.25) is 0 Å². The summed E-state index contributed by atoms with van der Waals surface area (Å²) in [5, 5.41) is 10.6. The van der Waals surface area contributed by atoms with Gasteiger partial charge < -0.3 is 15.6 Å². The van der Waals surface area contributed by atoms with Crippen LogP contribution in [0.4, 0.5) is 0 Å². The number of halogens is 2. The molecular weight excluding hydrogens is 225 g/mol. The maximum atomic E-state index is 9.76. The van der Waals surface area contributed by atoms with Crippen molar-refractivity contribution < 1.29 is 9.84 Å². The molecule has 1 aromatic rings. The number of ether oxygens (including phenoxy) is 1. The lowest BCUT2D eigenvalue weighted by Crippen LogP contribution is -2.38. The van der Waals surface area contributed by atoms with E-state index in [2.05, 4.69) is 0 Å². The van der Waals surface area contributed by atoms with Crippen LogP contribution < -0.4 is 10.5 Å². The molecular formula is C9H9Cl2NO2. The number of rotatable bonds is 0. The van der Waals surface area contributed by atoms with E-state index in [0.29, 0.717) is 21.4 Å². The Hall–Kier alpha value is -0.480. The zero-order valence-corrected chi connectivity index (χ0v) is 8.72. The van der Waals surface area contributed by atoms with Crippen molar-refractivity contribution in [1.82, 2.24) is 0 Å². The number of benzene rings is 1. The number of fused-ring (bicyclic) bond motifs is 1. The Bertz CT molecular complexity index is 370. The molecule has 0 unspecified atom stereocenters. The molecule has 5 heteroatoms. The molecule has 3 nitrogen and oxygen atoms in total. The second kappa shape index (κ2) is 3.59. The monoisotopic (exact) mass is 233 g/mol. The number of hydrogen-bond donors (Lipinski definition) is 2. The molecule has 2 rings (SSSR count). The van der Waals surface area contributed by atoms with Crippen LogP contribution in [-0.4, -0.2) is 17.8 Å². The quantitative estimate of drug-likeness (QED) is 0.718. The van der Waals surface area contributed by atoms with Gasteiger partial charge in [0.1, 0.15) is 18.5 Å². The Morgan fingerprint density at radius 2 is 2.14 bits per heavy atom. The first-order valence-electron chi connectivity index (χ1n) is 4.15. The third kappa shape index (κ3) is 1.57. The molecule has 1 aliphatic heterocycles. The van der Waals surface area contributed by atoms with Gasteiger partial charge in [-0.15, -0.1) is 0 Å². The fourth-order valence-electron chi connectivity index (χ4n) is 1.45. The molecule has 0 bridgehead atoms. The molecule has 0 radical (unpaired) electrons. The van der Waals surface area contributed by atoms with Gasteiger partial charge in [0.15, 0.2) is 0 Å². The molecule has 1 heterocycles. The van der Waals surface area contributed by atoms with Crippen LogP contribution in [0.3, 0.4) is 0 Å². The molecule has 0 aliphatic carbocycles. The smallest absolute Gasteiger partial charge is 0.143 e. The lowest BCUT2D eigenvalue weighted by molar-refractivity contribution is 0.0916. The Balaban J connectivity index is 2.54. The summed E-state index contributed by atoms with van der Waals surface area (Å²) in [5.74, 6) is 0.477. The molecule has 0 aromatic heterocycles. The lowest BCUT2D eigenvalue weighted by atomic mass is 10.00. The van der Waals surface area contributed by atoms with Gasteiger partial charge in [0.05, 0.1) is 11.1 Å². The Labute approximate surface area is 91.4 Å². The zero-order chi connectivity index (χ0) is 10.3. The minimum atomic E-state index is -0.769. The normalized spacial score (nSPS) is 25.4. The molecule has 0 spiro atoms. The summed E-state index contributed by atoms with van der Waals surface area (Å²) in [6, 6.07) is 2.76. The van der Waals surface area contributed by atoms with E-state index < -0.39 is 12.1 Å². The number of aliphatic hydroxyl groups excluding tert-OH is 1. The summed E-state index contributed by atoms with van der Waals surface area (Å²) < 4.78 is 5.32. The summed E-state index contributed by atoms with van der Waals surface area (Å²) in [7, 11) is 0. The van der Waals surface area contributed by atoms with Gasteiger partial charge in [0, 0.05) is 10.6 Å². The number of hydrogen-bond acceptors (Lipinski definition) is 3. The van der Waals surface area contributed by atoms with Gasteiger partial charge in [-0.2, -0.15) is 0 Å². The third-order valence-corrected chi connectivity index (χ3v) is 2.68. The first-order valence-corrected chi connectivity index (χ1v) is 4.90. The molecule has 0 saturated heterocycles. The van der Waals surface area contributed by atoms with Crippen LogP contribution >= 0.6 is 23.2 Å². The minimum absolute atomic E-state index is 0.259. The van der Waals surface area contributed by atoms with E-state index in [1.165, 1.54) is 0 Å². The van der Waals surface area contributed by atoms with Crippen LogP contribution in [0.1, 0.15) is 11.7 Å². The van der Waals surface area contributed by atoms with Crippen LogP contribution in [0, 0.1) is 0 Å². The predicted molar refractivity (Wildman–Crippen MR) is 54.9 cm³/mol. The molecule has 0 saturated carbocycles. The Morgan fingerprint density at radius 1 is 1.43 bits per heavy atom. The fourth-order valence-corrected chi connectivity index (χ4v) is 2.02. The predicted octanol–water partition coefficient (Wildman–Crippen LogP) is 1.75. The average Bonchev–Trinajstić information content (AvgIpc) is 2.12. The minimum Gasteiger partial charge on any atom is -0.490 e. The molecule has 1 aromatic carbocycles. The summed E-state index contributed by atoms with van der Waals surface area (Å²) in [6.45, 7) is 0.259. The van der Waals surface area contributed by atoms with E-state index in [1.54, 1.807) is 12.1 Å². The van der Waals surface area contributed by atoms with E-state index in [0.717, 1.165) is 0 Å². The van der Waals surface area contributed by atoms with Gasteiger partial charge in [-0.05, 0) is 12.1 Å². The first-order chi connectivity index (χ1) is 6.59. The van der Waals surface area contributed by atoms with E-state index in [9.17, 15) is 5.11 Å². The lowest BCUT2D eigenvalue weighted by Gasteiger charge is -2.28.